The molecule has 0 bridgehead atoms. The van der Waals surface area contributed by atoms with Gasteiger partial charge >= 0.3 is 0 Å². The summed E-state index contributed by atoms with van der Waals surface area (Å²) in [6.45, 7) is 4.01. The summed E-state index contributed by atoms with van der Waals surface area (Å²) < 4.78 is 1.65. The highest BCUT2D eigenvalue weighted by Gasteiger charge is 2.22. The predicted octanol–water partition coefficient (Wildman–Crippen LogP) is 2.75. The Morgan fingerprint density at radius 1 is 1.03 bits per heavy atom. The number of tetrazole rings is 1. The van der Waals surface area contributed by atoms with Gasteiger partial charge in [0.2, 0.25) is 11.1 Å². The zero-order valence-electron chi connectivity index (χ0n) is 15.8. The van der Waals surface area contributed by atoms with Gasteiger partial charge in [-0.2, -0.15) is 4.68 Å². The molecule has 0 unspecified atom stereocenters. The molecule has 3 aromatic rings. The maximum absolute atomic E-state index is 12.6. The van der Waals surface area contributed by atoms with Crippen molar-refractivity contribution in [2.45, 2.75) is 11.7 Å². The SMILES string of the molecule is O=C(CSc1nnnn1-c1ccccc1)N1CCN(Cc2cccc(Cl)c2)CC1. The number of aromatic nitrogens is 4. The first-order chi connectivity index (χ1) is 14.2. The maximum atomic E-state index is 12.6. The molecule has 0 radical (unpaired) electrons. The molecule has 1 aromatic heterocycles. The van der Waals surface area contributed by atoms with Gasteiger partial charge in [0, 0.05) is 37.7 Å². The minimum absolute atomic E-state index is 0.111. The highest BCUT2D eigenvalue weighted by atomic mass is 35.5. The van der Waals surface area contributed by atoms with Crippen molar-refractivity contribution in [1.82, 2.24) is 30.0 Å². The van der Waals surface area contributed by atoms with E-state index in [-0.39, 0.29) is 5.91 Å². The van der Waals surface area contributed by atoms with Gasteiger partial charge in [0.05, 0.1) is 11.4 Å². The number of hydrogen-bond acceptors (Lipinski definition) is 6. The highest BCUT2D eigenvalue weighted by Crippen LogP contribution is 2.19. The Bertz CT molecular complexity index is 958. The van der Waals surface area contributed by atoms with Gasteiger partial charge in [0.25, 0.3) is 0 Å². The van der Waals surface area contributed by atoms with Crippen LogP contribution < -0.4 is 0 Å². The second-order valence-corrected chi connectivity index (χ2v) is 8.16. The summed E-state index contributed by atoms with van der Waals surface area (Å²) in [4.78, 5) is 16.9. The Morgan fingerprint density at radius 2 is 1.83 bits per heavy atom. The number of rotatable bonds is 6. The molecule has 7 nitrogen and oxygen atoms in total. The van der Waals surface area contributed by atoms with Gasteiger partial charge in [-0.3, -0.25) is 9.69 Å². The van der Waals surface area contributed by atoms with Gasteiger partial charge in [-0.15, -0.1) is 5.10 Å². The van der Waals surface area contributed by atoms with E-state index in [1.165, 1.54) is 17.3 Å². The third-order valence-corrected chi connectivity index (χ3v) is 5.93. The lowest BCUT2D eigenvalue weighted by atomic mass is 10.2. The number of carbonyl (C=O) groups excluding carboxylic acids is 1. The molecule has 1 amide bonds. The highest BCUT2D eigenvalue weighted by molar-refractivity contribution is 7.99. The summed E-state index contributed by atoms with van der Waals surface area (Å²) in [5, 5.41) is 13.2. The summed E-state index contributed by atoms with van der Waals surface area (Å²) >= 11 is 7.43. The summed E-state index contributed by atoms with van der Waals surface area (Å²) in [5.41, 5.74) is 2.07. The van der Waals surface area contributed by atoms with Gasteiger partial charge in [-0.1, -0.05) is 53.7 Å². The molecule has 150 valence electrons. The molecule has 1 aliphatic rings. The number of carbonyl (C=O) groups is 1. The monoisotopic (exact) mass is 428 g/mol. The number of hydrogen-bond donors (Lipinski definition) is 0. The van der Waals surface area contributed by atoms with Crippen LogP contribution in [0.1, 0.15) is 5.56 Å². The first kappa shape index (κ1) is 19.9. The van der Waals surface area contributed by atoms with Crippen LogP contribution in [0.15, 0.2) is 59.8 Å². The molecule has 0 aliphatic carbocycles. The van der Waals surface area contributed by atoms with Crippen molar-refractivity contribution in [3.05, 3.63) is 65.2 Å². The zero-order valence-corrected chi connectivity index (χ0v) is 17.4. The number of benzene rings is 2. The predicted molar refractivity (Wildman–Crippen MR) is 113 cm³/mol. The van der Waals surface area contributed by atoms with Gasteiger partial charge in [0.1, 0.15) is 0 Å². The standard InChI is InChI=1S/C20H21ClN6OS/c21-17-6-4-5-16(13-17)14-25-9-11-26(12-10-25)19(28)15-29-20-22-23-24-27(20)18-7-2-1-3-8-18/h1-8,13H,9-12,14-15H2. The first-order valence-electron chi connectivity index (χ1n) is 9.40. The number of thioether (sulfide) groups is 1. The van der Waals surface area contributed by atoms with Crippen LogP contribution in [0.3, 0.4) is 0 Å². The second-order valence-electron chi connectivity index (χ2n) is 6.78. The normalized spacial score (nSPS) is 14.9. The van der Waals surface area contributed by atoms with E-state index in [4.69, 9.17) is 11.6 Å². The number of halogens is 1. The Kier molecular flexibility index (Phi) is 6.43. The lowest BCUT2D eigenvalue weighted by molar-refractivity contribution is -0.130. The van der Waals surface area contributed by atoms with Crippen molar-refractivity contribution in [1.29, 1.82) is 0 Å². The van der Waals surface area contributed by atoms with Crippen molar-refractivity contribution in [3.63, 3.8) is 0 Å². The van der Waals surface area contributed by atoms with Crippen molar-refractivity contribution in [3.8, 4) is 5.69 Å². The largest absolute Gasteiger partial charge is 0.339 e. The second kappa shape index (κ2) is 9.39. The van der Waals surface area contributed by atoms with E-state index in [1.807, 2.05) is 53.4 Å². The molecule has 0 atom stereocenters. The Hall–Kier alpha value is -2.42. The fourth-order valence-electron chi connectivity index (χ4n) is 3.27. The summed E-state index contributed by atoms with van der Waals surface area (Å²) in [7, 11) is 0. The van der Waals surface area contributed by atoms with E-state index in [1.54, 1.807) is 4.68 Å². The van der Waals surface area contributed by atoms with E-state index in [2.05, 4.69) is 26.5 Å². The molecule has 0 spiro atoms. The average molecular weight is 429 g/mol. The zero-order chi connectivity index (χ0) is 20.1. The van der Waals surface area contributed by atoms with Crippen LogP contribution >= 0.6 is 23.4 Å². The average Bonchev–Trinajstić information content (AvgIpc) is 3.22. The third-order valence-electron chi connectivity index (χ3n) is 4.79. The molecular formula is C20H21ClN6OS. The van der Waals surface area contributed by atoms with Gasteiger partial charge in [0.15, 0.2) is 0 Å². The van der Waals surface area contributed by atoms with E-state index >= 15 is 0 Å². The fourth-order valence-corrected chi connectivity index (χ4v) is 4.27. The van der Waals surface area contributed by atoms with Gasteiger partial charge in [-0.05, 0) is 40.3 Å². The van der Waals surface area contributed by atoms with Gasteiger partial charge < -0.3 is 4.90 Å². The van der Waals surface area contributed by atoms with Crippen molar-refractivity contribution < 1.29 is 4.79 Å². The van der Waals surface area contributed by atoms with Crippen molar-refractivity contribution in [2.75, 3.05) is 31.9 Å². The number of piperazine rings is 1. The fraction of sp³-hybridized carbons (Fsp3) is 0.300. The summed E-state index contributed by atoms with van der Waals surface area (Å²) in [6, 6.07) is 17.6. The molecule has 2 aromatic carbocycles. The summed E-state index contributed by atoms with van der Waals surface area (Å²) in [6.07, 6.45) is 0. The molecule has 0 N–H and O–H groups in total. The van der Waals surface area contributed by atoms with Crippen molar-refractivity contribution in [2.24, 2.45) is 0 Å². The van der Waals surface area contributed by atoms with E-state index in [9.17, 15) is 4.79 Å². The Labute approximate surface area is 178 Å². The minimum Gasteiger partial charge on any atom is -0.339 e. The number of amides is 1. The van der Waals surface area contributed by atoms with E-state index in [0.29, 0.717) is 10.9 Å². The molecule has 1 saturated heterocycles. The quantitative estimate of drug-likeness (QED) is 0.562. The molecule has 29 heavy (non-hydrogen) atoms. The first-order valence-corrected chi connectivity index (χ1v) is 10.8. The van der Waals surface area contributed by atoms with Crippen LogP contribution in [0.25, 0.3) is 5.69 Å². The van der Waals surface area contributed by atoms with Crippen LogP contribution in [0, 0.1) is 0 Å². The topological polar surface area (TPSA) is 67.2 Å². The Morgan fingerprint density at radius 3 is 2.59 bits per heavy atom. The van der Waals surface area contributed by atoms with E-state index in [0.717, 1.165) is 43.4 Å². The molecule has 9 heteroatoms. The van der Waals surface area contributed by atoms with Gasteiger partial charge in [-0.25, -0.2) is 0 Å². The maximum Gasteiger partial charge on any atom is 0.233 e. The summed E-state index contributed by atoms with van der Waals surface area (Å²) in [5.74, 6) is 0.432. The molecule has 4 rings (SSSR count). The minimum atomic E-state index is 0.111. The molecule has 0 saturated carbocycles. The number of para-hydroxylation sites is 1. The van der Waals surface area contributed by atoms with Crippen LogP contribution in [0.4, 0.5) is 0 Å². The van der Waals surface area contributed by atoms with Crippen LogP contribution in [0.5, 0.6) is 0 Å². The molecule has 1 aliphatic heterocycles. The van der Waals surface area contributed by atoms with Crippen LogP contribution in [-0.4, -0.2) is 67.8 Å². The lowest BCUT2D eigenvalue weighted by Crippen LogP contribution is -2.48. The number of nitrogens with zero attached hydrogens (tertiary/aromatic N) is 6. The third kappa shape index (κ3) is 5.14. The van der Waals surface area contributed by atoms with Crippen LogP contribution in [-0.2, 0) is 11.3 Å². The molecular weight excluding hydrogens is 408 g/mol. The van der Waals surface area contributed by atoms with Crippen LogP contribution in [0.2, 0.25) is 5.02 Å². The van der Waals surface area contributed by atoms with E-state index < -0.39 is 0 Å². The molecule has 1 fully saturated rings. The Balaban J connectivity index is 1.27. The molecule has 2 heterocycles. The smallest absolute Gasteiger partial charge is 0.233 e. The lowest BCUT2D eigenvalue weighted by Gasteiger charge is -2.34. The van der Waals surface area contributed by atoms with Crippen molar-refractivity contribution >= 4 is 29.3 Å².